The van der Waals surface area contributed by atoms with Crippen LogP contribution in [-0.4, -0.2) is 21.8 Å². The average molecular weight is 459 g/mol. The minimum Gasteiger partial charge on any atom is -0.325 e. The molecule has 4 rings (SSSR count). The number of nitrogens with one attached hydrogen (secondary N) is 3. The molecule has 0 saturated heterocycles. The number of aromatic nitrogens is 2. The molecule has 3 aromatic rings. The normalized spacial score (nSPS) is 15.2. The molecule has 10 heteroatoms. The molecule has 0 saturated carbocycles. The number of hydrogen-bond donors (Lipinski definition) is 3. The van der Waals surface area contributed by atoms with Gasteiger partial charge < -0.3 is 15.6 Å². The van der Waals surface area contributed by atoms with E-state index in [0.717, 1.165) is 11.6 Å². The Balaban J connectivity index is 1.58. The van der Waals surface area contributed by atoms with E-state index in [2.05, 4.69) is 20.6 Å². The number of H-pyrrole nitrogens is 1. The van der Waals surface area contributed by atoms with Crippen molar-refractivity contribution in [2.45, 2.75) is 23.2 Å². The molecule has 2 amide bonds. The van der Waals surface area contributed by atoms with E-state index in [-0.39, 0.29) is 28.5 Å². The summed E-state index contributed by atoms with van der Waals surface area (Å²) in [6, 6.07) is 13.4. The number of anilines is 2. The fourth-order valence-corrected chi connectivity index (χ4v) is 4.17. The lowest BCUT2D eigenvalue weighted by Crippen LogP contribution is -2.36. The van der Waals surface area contributed by atoms with E-state index in [9.17, 15) is 18.8 Å². The van der Waals surface area contributed by atoms with Crippen molar-refractivity contribution in [2.75, 3.05) is 10.6 Å². The molecule has 0 spiro atoms. The summed E-state index contributed by atoms with van der Waals surface area (Å²) < 4.78 is 13.3. The highest BCUT2D eigenvalue weighted by molar-refractivity contribution is 7.98. The summed E-state index contributed by atoms with van der Waals surface area (Å²) in [6.07, 6.45) is -0.213. The van der Waals surface area contributed by atoms with Gasteiger partial charge in [-0.15, -0.1) is 0 Å². The predicted octanol–water partition coefficient (Wildman–Crippen LogP) is 3.92. The molecular formula is C21H16ClFN4O3S. The van der Waals surface area contributed by atoms with Gasteiger partial charge in [-0.1, -0.05) is 53.7 Å². The Hall–Kier alpha value is -3.17. The van der Waals surface area contributed by atoms with Crippen molar-refractivity contribution in [2.24, 2.45) is 0 Å². The van der Waals surface area contributed by atoms with Crippen LogP contribution >= 0.6 is 23.4 Å². The zero-order chi connectivity index (χ0) is 22.0. The van der Waals surface area contributed by atoms with Crippen LogP contribution in [0.15, 0.2) is 58.5 Å². The van der Waals surface area contributed by atoms with Gasteiger partial charge in [0.2, 0.25) is 11.8 Å². The number of hydrogen-bond acceptors (Lipinski definition) is 5. The molecule has 3 N–H and O–H groups in total. The second kappa shape index (κ2) is 8.91. The highest BCUT2D eigenvalue weighted by Gasteiger charge is 2.34. The second-order valence-corrected chi connectivity index (χ2v) is 8.20. The van der Waals surface area contributed by atoms with Crippen LogP contribution in [-0.2, 0) is 15.3 Å². The van der Waals surface area contributed by atoms with Crippen LogP contribution in [0.4, 0.5) is 15.9 Å². The van der Waals surface area contributed by atoms with Crippen molar-refractivity contribution in [3.8, 4) is 0 Å². The summed E-state index contributed by atoms with van der Waals surface area (Å²) >= 11 is 7.05. The largest absolute Gasteiger partial charge is 0.325 e. The van der Waals surface area contributed by atoms with Gasteiger partial charge in [-0.25, -0.2) is 9.37 Å². The predicted molar refractivity (Wildman–Crippen MR) is 117 cm³/mol. The number of halogens is 2. The monoisotopic (exact) mass is 458 g/mol. The molecule has 0 aliphatic carbocycles. The number of thioether (sulfide) groups is 1. The van der Waals surface area contributed by atoms with Crippen molar-refractivity contribution in [3.05, 3.63) is 80.9 Å². The molecule has 7 nitrogen and oxygen atoms in total. The molecule has 0 fully saturated rings. The number of aromatic amines is 1. The zero-order valence-electron chi connectivity index (χ0n) is 15.9. The minimum atomic E-state index is -1.04. The van der Waals surface area contributed by atoms with E-state index in [1.165, 1.54) is 23.9 Å². The standard InChI is InChI=1S/C21H16ClFN4O3S/c22-14-8-12(6-7-15(14)23)24-19(29)13-9-16(28)25-18-17(13)20(30)27-21(26-18)31-10-11-4-2-1-3-5-11/h1-8,13H,9-10H2,(H,24,29)(H2,25,26,27,28,30)/t13-/m1/s1. The third-order valence-electron chi connectivity index (χ3n) is 4.65. The van der Waals surface area contributed by atoms with Gasteiger partial charge in [0.15, 0.2) is 5.16 Å². The maximum atomic E-state index is 13.3. The first-order valence-electron chi connectivity index (χ1n) is 9.27. The summed E-state index contributed by atoms with van der Waals surface area (Å²) in [4.78, 5) is 44.7. The maximum Gasteiger partial charge on any atom is 0.257 e. The van der Waals surface area contributed by atoms with E-state index in [1.54, 1.807) is 0 Å². The zero-order valence-corrected chi connectivity index (χ0v) is 17.5. The van der Waals surface area contributed by atoms with Crippen LogP contribution in [0, 0.1) is 5.82 Å². The number of carbonyl (C=O) groups excluding carboxylic acids is 2. The van der Waals surface area contributed by atoms with Crippen LogP contribution in [0.3, 0.4) is 0 Å². The number of carbonyl (C=O) groups is 2. The van der Waals surface area contributed by atoms with Gasteiger partial charge in [-0.2, -0.15) is 0 Å². The van der Waals surface area contributed by atoms with Crippen molar-refractivity contribution in [3.63, 3.8) is 0 Å². The highest BCUT2D eigenvalue weighted by Crippen LogP contribution is 2.31. The summed E-state index contributed by atoms with van der Waals surface area (Å²) in [5.74, 6) is -2.04. The Kier molecular flexibility index (Phi) is 6.06. The van der Waals surface area contributed by atoms with E-state index >= 15 is 0 Å². The van der Waals surface area contributed by atoms with Gasteiger partial charge >= 0.3 is 0 Å². The molecule has 31 heavy (non-hydrogen) atoms. The fourth-order valence-electron chi connectivity index (χ4n) is 3.17. The van der Waals surface area contributed by atoms with Crippen molar-refractivity contribution in [1.82, 2.24) is 9.97 Å². The van der Waals surface area contributed by atoms with Crippen molar-refractivity contribution in [1.29, 1.82) is 0 Å². The quantitative estimate of drug-likeness (QED) is 0.397. The Labute approximate surface area is 185 Å². The summed E-state index contributed by atoms with van der Waals surface area (Å²) in [5.41, 5.74) is 0.877. The molecular weight excluding hydrogens is 443 g/mol. The fraction of sp³-hybridized carbons (Fsp3) is 0.143. The van der Waals surface area contributed by atoms with E-state index in [4.69, 9.17) is 11.6 Å². The number of rotatable bonds is 5. The molecule has 0 radical (unpaired) electrons. The Morgan fingerprint density at radius 2 is 2.00 bits per heavy atom. The lowest BCUT2D eigenvalue weighted by atomic mass is 9.92. The molecule has 158 valence electrons. The Bertz CT molecular complexity index is 1220. The molecule has 0 bridgehead atoms. The average Bonchev–Trinajstić information content (AvgIpc) is 2.74. The van der Waals surface area contributed by atoms with E-state index in [0.29, 0.717) is 10.9 Å². The number of benzene rings is 2. The molecule has 1 atom stereocenters. The third-order valence-corrected chi connectivity index (χ3v) is 5.89. The van der Waals surface area contributed by atoms with E-state index < -0.39 is 29.1 Å². The van der Waals surface area contributed by atoms with Crippen LogP contribution in [0.25, 0.3) is 0 Å². The number of amides is 2. The second-order valence-electron chi connectivity index (χ2n) is 6.83. The number of fused-ring (bicyclic) bond motifs is 1. The van der Waals surface area contributed by atoms with Gasteiger partial charge in [0.05, 0.1) is 16.5 Å². The van der Waals surface area contributed by atoms with Gasteiger partial charge in [0, 0.05) is 17.9 Å². The van der Waals surface area contributed by atoms with Crippen LogP contribution < -0.4 is 16.2 Å². The Morgan fingerprint density at radius 1 is 1.23 bits per heavy atom. The molecule has 1 aliphatic rings. The van der Waals surface area contributed by atoms with Gasteiger partial charge in [-0.05, 0) is 23.8 Å². The van der Waals surface area contributed by atoms with Gasteiger partial charge in [0.1, 0.15) is 11.6 Å². The SMILES string of the molecule is O=C1C[C@@H](C(=O)Nc2ccc(F)c(Cl)c2)c2c(nc(SCc3ccccc3)[nH]c2=O)N1. The van der Waals surface area contributed by atoms with Crippen LogP contribution in [0.1, 0.15) is 23.5 Å². The summed E-state index contributed by atoms with van der Waals surface area (Å²) in [7, 11) is 0. The lowest BCUT2D eigenvalue weighted by Gasteiger charge is -2.23. The van der Waals surface area contributed by atoms with Crippen molar-refractivity contribution >= 4 is 46.7 Å². The third kappa shape index (κ3) is 4.78. The molecule has 1 aliphatic heterocycles. The lowest BCUT2D eigenvalue weighted by molar-refractivity contribution is -0.123. The molecule has 2 aromatic carbocycles. The van der Waals surface area contributed by atoms with Crippen molar-refractivity contribution < 1.29 is 14.0 Å². The minimum absolute atomic E-state index is 0.0628. The molecule has 1 aromatic heterocycles. The van der Waals surface area contributed by atoms with E-state index in [1.807, 2.05) is 30.3 Å². The first kappa shape index (κ1) is 21.1. The summed E-state index contributed by atoms with van der Waals surface area (Å²) in [5, 5.41) is 5.32. The summed E-state index contributed by atoms with van der Waals surface area (Å²) in [6.45, 7) is 0. The van der Waals surface area contributed by atoms with Crippen LogP contribution in [0.5, 0.6) is 0 Å². The first-order chi connectivity index (χ1) is 14.9. The first-order valence-corrected chi connectivity index (χ1v) is 10.6. The molecule has 2 heterocycles. The maximum absolute atomic E-state index is 13.3. The molecule has 0 unspecified atom stereocenters. The van der Waals surface area contributed by atoms with Gasteiger partial charge in [-0.3, -0.25) is 14.4 Å². The highest BCUT2D eigenvalue weighted by atomic mass is 35.5. The Morgan fingerprint density at radius 3 is 2.74 bits per heavy atom. The number of nitrogens with zero attached hydrogens (tertiary/aromatic N) is 1. The van der Waals surface area contributed by atoms with Gasteiger partial charge in [0.25, 0.3) is 5.56 Å². The van der Waals surface area contributed by atoms with Crippen LogP contribution in [0.2, 0.25) is 5.02 Å². The smallest absolute Gasteiger partial charge is 0.257 e. The topological polar surface area (TPSA) is 104 Å².